The number of hydrogen-bond acceptors (Lipinski definition) is 2. The molecule has 0 aromatic heterocycles. The summed E-state index contributed by atoms with van der Waals surface area (Å²) in [7, 11) is 1.52. The highest BCUT2D eigenvalue weighted by atomic mass is 35.5. The molecule has 2 rings (SSSR count). The van der Waals surface area contributed by atoms with Crippen LogP contribution in [-0.2, 0) is 0 Å². The van der Waals surface area contributed by atoms with E-state index in [0.29, 0.717) is 27.5 Å². The maximum absolute atomic E-state index is 13.5. The third-order valence-corrected chi connectivity index (χ3v) is 3.30. The van der Waals surface area contributed by atoms with Crippen molar-refractivity contribution < 1.29 is 14.2 Å². The van der Waals surface area contributed by atoms with Gasteiger partial charge in [0.05, 0.1) is 12.1 Å². The van der Waals surface area contributed by atoms with E-state index in [1.807, 2.05) is 0 Å². The molecule has 1 atom stereocenters. The fourth-order valence-corrected chi connectivity index (χ4v) is 2.09. The number of rotatable bonds is 3. The molecule has 0 spiro atoms. The molecule has 2 nitrogen and oxygen atoms in total. The van der Waals surface area contributed by atoms with Crippen LogP contribution in [0, 0.1) is 12.7 Å². The van der Waals surface area contributed by atoms with Crippen LogP contribution in [0.15, 0.2) is 36.4 Å². The first-order valence-corrected chi connectivity index (χ1v) is 6.18. The molecule has 2 aromatic rings. The van der Waals surface area contributed by atoms with E-state index in [0.717, 1.165) is 0 Å². The van der Waals surface area contributed by atoms with E-state index in [-0.39, 0.29) is 5.82 Å². The third-order valence-electron chi connectivity index (χ3n) is 3.00. The summed E-state index contributed by atoms with van der Waals surface area (Å²) in [6.07, 6.45) is -0.918. The van der Waals surface area contributed by atoms with E-state index in [9.17, 15) is 9.50 Å². The number of aliphatic hydroxyl groups is 1. The van der Waals surface area contributed by atoms with Gasteiger partial charge in [0.1, 0.15) is 17.7 Å². The van der Waals surface area contributed by atoms with Gasteiger partial charge in [-0.1, -0.05) is 29.8 Å². The van der Waals surface area contributed by atoms with Gasteiger partial charge in [0.2, 0.25) is 0 Å². The fraction of sp³-hybridized carbons (Fsp3) is 0.200. The highest BCUT2D eigenvalue weighted by Gasteiger charge is 2.13. The van der Waals surface area contributed by atoms with E-state index in [1.54, 1.807) is 37.3 Å². The summed E-state index contributed by atoms with van der Waals surface area (Å²) in [6.45, 7) is 1.68. The van der Waals surface area contributed by atoms with Gasteiger partial charge in [-0.05, 0) is 41.8 Å². The number of aliphatic hydroxyl groups excluding tert-OH is 1. The quantitative estimate of drug-likeness (QED) is 0.924. The Morgan fingerprint density at radius 1 is 1.16 bits per heavy atom. The molecule has 1 N–H and O–H groups in total. The van der Waals surface area contributed by atoms with E-state index in [1.165, 1.54) is 13.2 Å². The van der Waals surface area contributed by atoms with Crippen LogP contribution in [0.25, 0.3) is 0 Å². The van der Waals surface area contributed by atoms with Crippen molar-refractivity contribution in [3.63, 3.8) is 0 Å². The minimum absolute atomic E-state index is 0.337. The number of halogens is 2. The highest BCUT2D eigenvalue weighted by Crippen LogP contribution is 2.30. The van der Waals surface area contributed by atoms with Crippen molar-refractivity contribution in [2.75, 3.05) is 7.11 Å². The second-order valence-electron chi connectivity index (χ2n) is 4.31. The van der Waals surface area contributed by atoms with Crippen molar-refractivity contribution in [2.24, 2.45) is 0 Å². The Morgan fingerprint density at radius 2 is 1.79 bits per heavy atom. The molecule has 100 valence electrons. The normalized spacial score (nSPS) is 12.3. The van der Waals surface area contributed by atoms with Gasteiger partial charge in [-0.15, -0.1) is 0 Å². The van der Waals surface area contributed by atoms with E-state index in [4.69, 9.17) is 16.3 Å². The minimum atomic E-state index is -0.918. The van der Waals surface area contributed by atoms with Gasteiger partial charge >= 0.3 is 0 Å². The van der Waals surface area contributed by atoms with Crippen LogP contribution in [0.3, 0.4) is 0 Å². The monoisotopic (exact) mass is 280 g/mol. The second kappa shape index (κ2) is 5.59. The number of hydrogen-bond donors (Lipinski definition) is 1. The van der Waals surface area contributed by atoms with Crippen LogP contribution in [-0.4, -0.2) is 12.2 Å². The molecule has 4 heteroatoms. The number of aryl methyl sites for hydroxylation is 1. The first kappa shape index (κ1) is 13.8. The molecule has 0 radical (unpaired) electrons. The zero-order chi connectivity index (χ0) is 14.0. The van der Waals surface area contributed by atoms with Crippen LogP contribution < -0.4 is 4.74 Å². The Bertz CT molecular complexity index is 599. The molecule has 0 aliphatic rings. The molecule has 0 aliphatic heterocycles. The van der Waals surface area contributed by atoms with E-state index >= 15 is 0 Å². The summed E-state index contributed by atoms with van der Waals surface area (Å²) in [5.41, 5.74) is 1.63. The SMILES string of the molecule is COc1ccc(C(O)c2ccc(C)c(F)c2)cc1Cl. The molecule has 2 aromatic carbocycles. The molecular formula is C15H14ClFO2. The Kier molecular flexibility index (Phi) is 4.08. The molecular weight excluding hydrogens is 267 g/mol. The average Bonchev–Trinajstić information content (AvgIpc) is 2.41. The largest absolute Gasteiger partial charge is 0.495 e. The van der Waals surface area contributed by atoms with Crippen LogP contribution in [0.4, 0.5) is 4.39 Å². The maximum atomic E-state index is 13.5. The zero-order valence-electron chi connectivity index (χ0n) is 10.7. The van der Waals surface area contributed by atoms with Crippen molar-refractivity contribution >= 4 is 11.6 Å². The fourth-order valence-electron chi connectivity index (χ4n) is 1.82. The Labute approximate surface area is 116 Å². The zero-order valence-corrected chi connectivity index (χ0v) is 11.4. The summed E-state index contributed by atoms with van der Waals surface area (Å²) >= 11 is 6.01. The molecule has 0 bridgehead atoms. The predicted octanol–water partition coefficient (Wildman–Crippen LogP) is 3.88. The van der Waals surface area contributed by atoms with E-state index in [2.05, 4.69) is 0 Å². The Hall–Kier alpha value is -1.58. The molecule has 19 heavy (non-hydrogen) atoms. The topological polar surface area (TPSA) is 29.5 Å². The third kappa shape index (κ3) is 2.88. The molecule has 0 heterocycles. The van der Waals surface area contributed by atoms with Gasteiger partial charge in [-0.3, -0.25) is 0 Å². The van der Waals surface area contributed by atoms with Crippen molar-refractivity contribution in [3.05, 3.63) is 63.9 Å². The van der Waals surface area contributed by atoms with Gasteiger partial charge in [0.25, 0.3) is 0 Å². The summed E-state index contributed by atoms with van der Waals surface area (Å²) in [5.74, 6) is 0.198. The second-order valence-corrected chi connectivity index (χ2v) is 4.71. The lowest BCUT2D eigenvalue weighted by Crippen LogP contribution is -2.01. The molecule has 1 unspecified atom stereocenters. The van der Waals surface area contributed by atoms with Gasteiger partial charge in [-0.2, -0.15) is 0 Å². The lowest BCUT2D eigenvalue weighted by atomic mass is 10.00. The van der Waals surface area contributed by atoms with Gasteiger partial charge < -0.3 is 9.84 Å². The standard InChI is InChI=1S/C15H14ClFO2/c1-9-3-4-11(8-13(9)17)15(18)10-5-6-14(19-2)12(16)7-10/h3-8,15,18H,1-2H3. The van der Waals surface area contributed by atoms with Gasteiger partial charge in [-0.25, -0.2) is 4.39 Å². The van der Waals surface area contributed by atoms with Crippen LogP contribution in [0.5, 0.6) is 5.75 Å². The number of benzene rings is 2. The molecule has 0 amide bonds. The molecule has 0 aliphatic carbocycles. The molecule has 0 saturated carbocycles. The molecule has 0 saturated heterocycles. The first-order valence-electron chi connectivity index (χ1n) is 5.80. The minimum Gasteiger partial charge on any atom is -0.495 e. The van der Waals surface area contributed by atoms with Crippen LogP contribution >= 0.6 is 11.6 Å². The van der Waals surface area contributed by atoms with Crippen LogP contribution in [0.2, 0.25) is 5.02 Å². The van der Waals surface area contributed by atoms with Gasteiger partial charge in [0, 0.05) is 0 Å². The van der Waals surface area contributed by atoms with Crippen molar-refractivity contribution in [1.29, 1.82) is 0 Å². The summed E-state index contributed by atoms with van der Waals surface area (Å²) in [4.78, 5) is 0. The van der Waals surface area contributed by atoms with Crippen molar-refractivity contribution in [2.45, 2.75) is 13.0 Å². The van der Waals surface area contributed by atoms with Crippen molar-refractivity contribution in [1.82, 2.24) is 0 Å². The summed E-state index contributed by atoms with van der Waals surface area (Å²) in [6, 6.07) is 9.65. The number of ether oxygens (including phenoxy) is 1. The lowest BCUT2D eigenvalue weighted by Gasteiger charge is -2.13. The van der Waals surface area contributed by atoms with Crippen molar-refractivity contribution in [3.8, 4) is 5.75 Å². The maximum Gasteiger partial charge on any atom is 0.137 e. The summed E-state index contributed by atoms with van der Waals surface area (Å²) < 4.78 is 18.5. The lowest BCUT2D eigenvalue weighted by molar-refractivity contribution is 0.219. The average molecular weight is 281 g/mol. The highest BCUT2D eigenvalue weighted by molar-refractivity contribution is 6.32. The van der Waals surface area contributed by atoms with Gasteiger partial charge in [0.15, 0.2) is 0 Å². The van der Waals surface area contributed by atoms with E-state index < -0.39 is 6.10 Å². The smallest absolute Gasteiger partial charge is 0.137 e. The van der Waals surface area contributed by atoms with Crippen LogP contribution in [0.1, 0.15) is 22.8 Å². The Balaban J connectivity index is 2.35. The Morgan fingerprint density at radius 3 is 2.37 bits per heavy atom. The molecule has 0 fully saturated rings. The number of methoxy groups -OCH3 is 1. The first-order chi connectivity index (χ1) is 9.02. The summed E-state index contributed by atoms with van der Waals surface area (Å²) in [5, 5.41) is 10.6. The predicted molar refractivity (Wildman–Crippen MR) is 73.2 cm³/mol.